The number of hydrogen-bond donors (Lipinski definition) is 0. The summed E-state index contributed by atoms with van der Waals surface area (Å²) in [5, 5.41) is 17.2. The first-order chi connectivity index (χ1) is 11.0. The van der Waals surface area contributed by atoms with Crippen LogP contribution in [0.3, 0.4) is 0 Å². The minimum Gasteiger partial charge on any atom is -0.365 e. The van der Waals surface area contributed by atoms with Crippen molar-refractivity contribution in [3.63, 3.8) is 0 Å². The van der Waals surface area contributed by atoms with Crippen LogP contribution >= 0.6 is 11.6 Å². The van der Waals surface area contributed by atoms with Crippen molar-refractivity contribution in [3.05, 3.63) is 35.1 Å². The van der Waals surface area contributed by atoms with Crippen LogP contribution in [0, 0.1) is 11.3 Å². The standard InChI is InChI=1S/C15H16ClFN6/c1-10-7-15(17,14-21-20-9-22(14)2)4-6-23(10)12-11(8-18)3-5-19-13(12)16/h3,5,9-10H,4,6-7H2,1-2H3/t10-,15+/m1/s1. The number of pyridine rings is 1. The van der Waals surface area contributed by atoms with Crippen molar-refractivity contribution in [1.29, 1.82) is 5.26 Å². The van der Waals surface area contributed by atoms with E-state index in [4.69, 9.17) is 11.6 Å². The van der Waals surface area contributed by atoms with Crippen molar-refractivity contribution in [3.8, 4) is 6.07 Å². The second kappa shape index (κ2) is 5.78. The third-order valence-electron chi connectivity index (χ3n) is 4.30. The largest absolute Gasteiger partial charge is 0.365 e. The summed E-state index contributed by atoms with van der Waals surface area (Å²) < 4.78 is 17.0. The summed E-state index contributed by atoms with van der Waals surface area (Å²) in [7, 11) is 1.74. The number of rotatable bonds is 2. The lowest BCUT2D eigenvalue weighted by Gasteiger charge is -2.42. The maximum absolute atomic E-state index is 15.4. The molecule has 3 rings (SSSR count). The molecule has 0 aromatic carbocycles. The molecule has 1 aliphatic rings. The molecule has 23 heavy (non-hydrogen) atoms. The molecule has 0 amide bonds. The zero-order valence-electron chi connectivity index (χ0n) is 12.9. The third-order valence-corrected chi connectivity index (χ3v) is 4.58. The molecule has 2 atom stereocenters. The Kier molecular flexibility index (Phi) is 3.94. The number of piperidine rings is 1. The second-order valence-corrected chi connectivity index (χ2v) is 6.20. The molecule has 0 bridgehead atoms. The van der Waals surface area contributed by atoms with Crippen molar-refractivity contribution in [2.75, 3.05) is 11.4 Å². The van der Waals surface area contributed by atoms with Gasteiger partial charge in [0, 0.05) is 38.7 Å². The molecule has 2 aromatic rings. The Bertz CT molecular complexity index is 770. The van der Waals surface area contributed by atoms with E-state index in [0.717, 1.165) is 0 Å². The van der Waals surface area contributed by atoms with E-state index >= 15 is 4.39 Å². The van der Waals surface area contributed by atoms with E-state index in [9.17, 15) is 5.26 Å². The molecule has 1 saturated heterocycles. The molecule has 3 heterocycles. The molecule has 0 saturated carbocycles. The highest BCUT2D eigenvalue weighted by Crippen LogP contribution is 2.41. The Morgan fingerprint density at radius 2 is 2.30 bits per heavy atom. The second-order valence-electron chi connectivity index (χ2n) is 5.84. The molecule has 1 fully saturated rings. The van der Waals surface area contributed by atoms with Gasteiger partial charge in [0.05, 0.1) is 11.3 Å². The number of hydrogen-bond acceptors (Lipinski definition) is 5. The fourth-order valence-corrected chi connectivity index (χ4v) is 3.48. The smallest absolute Gasteiger partial charge is 0.173 e. The van der Waals surface area contributed by atoms with Crippen molar-refractivity contribution in [2.24, 2.45) is 7.05 Å². The number of nitriles is 1. The van der Waals surface area contributed by atoms with Crippen LogP contribution < -0.4 is 4.90 Å². The summed E-state index contributed by atoms with van der Waals surface area (Å²) in [4.78, 5) is 6.00. The van der Waals surface area contributed by atoms with Gasteiger partial charge in [-0.1, -0.05) is 11.6 Å². The predicted molar refractivity (Wildman–Crippen MR) is 83.8 cm³/mol. The van der Waals surface area contributed by atoms with Crippen LogP contribution in [0.15, 0.2) is 18.6 Å². The van der Waals surface area contributed by atoms with Crippen LogP contribution in [0.2, 0.25) is 5.15 Å². The first-order valence-corrected chi connectivity index (χ1v) is 7.68. The lowest BCUT2D eigenvalue weighted by Crippen LogP contribution is -2.47. The molecule has 1 aliphatic heterocycles. The summed E-state index contributed by atoms with van der Waals surface area (Å²) in [6.07, 6.45) is 3.49. The molecule has 2 aromatic heterocycles. The number of nitrogens with zero attached hydrogens (tertiary/aromatic N) is 6. The van der Waals surface area contributed by atoms with E-state index < -0.39 is 5.67 Å². The maximum atomic E-state index is 15.4. The quantitative estimate of drug-likeness (QED) is 0.789. The molecule has 120 valence electrons. The van der Waals surface area contributed by atoms with Gasteiger partial charge in [0.25, 0.3) is 0 Å². The number of aromatic nitrogens is 4. The highest BCUT2D eigenvalue weighted by Gasteiger charge is 2.44. The van der Waals surface area contributed by atoms with Crippen molar-refractivity contribution >= 4 is 17.3 Å². The van der Waals surface area contributed by atoms with Gasteiger partial charge in [0.2, 0.25) is 0 Å². The Hall–Kier alpha value is -2.20. The Balaban J connectivity index is 1.92. The fraction of sp³-hybridized carbons (Fsp3) is 0.467. The van der Waals surface area contributed by atoms with Gasteiger partial charge in [-0.2, -0.15) is 5.26 Å². The van der Waals surface area contributed by atoms with Gasteiger partial charge in [0.15, 0.2) is 16.6 Å². The average molecular weight is 335 g/mol. The molecule has 0 unspecified atom stereocenters. The van der Waals surface area contributed by atoms with E-state index in [-0.39, 0.29) is 24.0 Å². The summed E-state index contributed by atoms with van der Waals surface area (Å²) >= 11 is 6.18. The normalized spacial score (nSPS) is 24.5. The van der Waals surface area contributed by atoms with Gasteiger partial charge in [-0.25, -0.2) is 9.37 Å². The zero-order chi connectivity index (χ0) is 16.6. The van der Waals surface area contributed by atoms with E-state index in [1.807, 2.05) is 11.8 Å². The van der Waals surface area contributed by atoms with Crippen molar-refractivity contribution in [1.82, 2.24) is 19.7 Å². The Morgan fingerprint density at radius 1 is 1.52 bits per heavy atom. The van der Waals surface area contributed by atoms with Crippen molar-refractivity contribution in [2.45, 2.75) is 31.5 Å². The lowest BCUT2D eigenvalue weighted by molar-refractivity contribution is 0.0930. The summed E-state index contributed by atoms with van der Waals surface area (Å²) in [6.45, 7) is 2.33. The van der Waals surface area contributed by atoms with E-state index in [1.165, 1.54) is 12.5 Å². The molecule has 0 N–H and O–H groups in total. The zero-order valence-corrected chi connectivity index (χ0v) is 13.6. The van der Waals surface area contributed by atoms with Crippen LogP contribution in [0.4, 0.5) is 10.1 Å². The number of anilines is 1. The number of aryl methyl sites for hydroxylation is 1. The number of halogens is 2. The van der Waals surface area contributed by atoms with Gasteiger partial charge in [0.1, 0.15) is 12.4 Å². The third kappa shape index (κ3) is 2.63. The highest BCUT2D eigenvalue weighted by molar-refractivity contribution is 6.32. The Morgan fingerprint density at radius 3 is 2.91 bits per heavy atom. The predicted octanol–water partition coefficient (Wildman–Crippen LogP) is 2.59. The van der Waals surface area contributed by atoms with Gasteiger partial charge in [-0.3, -0.25) is 0 Å². The molecule has 6 nitrogen and oxygen atoms in total. The summed E-state index contributed by atoms with van der Waals surface area (Å²) in [5.74, 6) is 0.335. The monoisotopic (exact) mass is 334 g/mol. The SMILES string of the molecule is C[C@@H]1C[C@](F)(c2nncn2C)CCN1c1c(C#N)ccnc1Cl. The topological polar surface area (TPSA) is 70.6 Å². The fourth-order valence-electron chi connectivity index (χ4n) is 3.21. The van der Waals surface area contributed by atoms with Crippen LogP contribution in [0.25, 0.3) is 0 Å². The van der Waals surface area contributed by atoms with Gasteiger partial charge in [-0.15, -0.1) is 10.2 Å². The molecule has 0 aliphatic carbocycles. The van der Waals surface area contributed by atoms with Crippen LogP contribution in [0.5, 0.6) is 0 Å². The minimum absolute atomic E-state index is 0.153. The summed E-state index contributed by atoms with van der Waals surface area (Å²) in [6, 6.07) is 3.59. The minimum atomic E-state index is -1.54. The van der Waals surface area contributed by atoms with Crippen LogP contribution in [0.1, 0.15) is 31.2 Å². The Labute approximate surface area is 138 Å². The first kappa shape index (κ1) is 15.7. The summed E-state index contributed by atoms with van der Waals surface area (Å²) in [5.41, 5.74) is -0.520. The number of alkyl halides is 1. The van der Waals surface area contributed by atoms with Crippen molar-refractivity contribution < 1.29 is 4.39 Å². The van der Waals surface area contributed by atoms with Crippen LogP contribution in [-0.2, 0) is 12.7 Å². The lowest BCUT2D eigenvalue weighted by atomic mass is 9.87. The highest BCUT2D eigenvalue weighted by atomic mass is 35.5. The van der Waals surface area contributed by atoms with E-state index in [0.29, 0.717) is 23.6 Å². The molecule has 0 spiro atoms. The first-order valence-electron chi connectivity index (χ1n) is 7.31. The van der Waals surface area contributed by atoms with Gasteiger partial charge < -0.3 is 9.47 Å². The molecule has 0 radical (unpaired) electrons. The maximum Gasteiger partial charge on any atom is 0.173 e. The van der Waals surface area contributed by atoms with Gasteiger partial charge in [-0.05, 0) is 13.0 Å². The molecular weight excluding hydrogens is 319 g/mol. The van der Waals surface area contributed by atoms with E-state index in [2.05, 4.69) is 21.3 Å². The average Bonchev–Trinajstić information content (AvgIpc) is 2.95. The van der Waals surface area contributed by atoms with Gasteiger partial charge >= 0.3 is 0 Å². The van der Waals surface area contributed by atoms with E-state index in [1.54, 1.807) is 17.7 Å². The van der Waals surface area contributed by atoms with Crippen LogP contribution in [-0.4, -0.2) is 32.3 Å². The molecule has 8 heteroatoms. The molecular formula is C15H16ClFN6.